The maximum atomic E-state index is 13.3. The predicted octanol–water partition coefficient (Wildman–Crippen LogP) is 1.53. The van der Waals surface area contributed by atoms with Crippen molar-refractivity contribution in [2.75, 3.05) is 13.7 Å². The summed E-state index contributed by atoms with van der Waals surface area (Å²) >= 11 is 0. The van der Waals surface area contributed by atoms with Crippen molar-refractivity contribution in [2.24, 2.45) is 0 Å². The van der Waals surface area contributed by atoms with Crippen LogP contribution in [0.15, 0.2) is 48.5 Å². The highest BCUT2D eigenvalue weighted by Crippen LogP contribution is 2.27. The van der Waals surface area contributed by atoms with Crippen molar-refractivity contribution in [3.63, 3.8) is 0 Å². The minimum Gasteiger partial charge on any atom is -0.497 e. The number of carbonyl (C=O) groups is 3. The van der Waals surface area contributed by atoms with Crippen LogP contribution in [-0.4, -0.2) is 36.9 Å². The monoisotopic (exact) mass is 371 g/mol. The Morgan fingerprint density at radius 3 is 2.30 bits per heavy atom. The maximum Gasteiger partial charge on any atom is 0.322 e. The lowest BCUT2D eigenvalue weighted by Gasteiger charge is -2.31. The molecule has 0 aliphatic carbocycles. The molecule has 1 fully saturated rings. The van der Waals surface area contributed by atoms with E-state index in [2.05, 4.69) is 10.6 Å². The Hall–Kier alpha value is -3.42. The van der Waals surface area contributed by atoms with Gasteiger partial charge in [0.2, 0.25) is 6.41 Å². The van der Waals surface area contributed by atoms with Crippen molar-refractivity contribution in [3.05, 3.63) is 65.5 Å². The molecule has 3 rings (SSSR count). The number of carbonyl (C=O) groups excluding carboxylic acids is 3. The van der Waals surface area contributed by atoms with Gasteiger partial charge in [-0.1, -0.05) is 24.3 Å². The third kappa shape index (κ3) is 3.74. The van der Waals surface area contributed by atoms with Gasteiger partial charge in [-0.15, -0.1) is 0 Å². The first-order valence-corrected chi connectivity index (χ1v) is 8.19. The minimum atomic E-state index is -1.49. The van der Waals surface area contributed by atoms with E-state index in [-0.39, 0.29) is 13.1 Å². The molecule has 1 saturated heterocycles. The van der Waals surface area contributed by atoms with Crippen molar-refractivity contribution < 1.29 is 23.5 Å². The summed E-state index contributed by atoms with van der Waals surface area (Å²) in [4.78, 5) is 37.3. The Morgan fingerprint density at radius 1 is 1.11 bits per heavy atom. The van der Waals surface area contributed by atoms with Gasteiger partial charge in [-0.3, -0.25) is 14.9 Å². The number of amides is 4. The summed E-state index contributed by atoms with van der Waals surface area (Å²) in [7, 11) is 1.56. The number of urea groups is 1. The van der Waals surface area contributed by atoms with E-state index in [0.29, 0.717) is 17.7 Å². The molecule has 8 heteroatoms. The summed E-state index contributed by atoms with van der Waals surface area (Å²) in [6.07, 6.45) is 0.604. The zero-order valence-electron chi connectivity index (χ0n) is 14.6. The number of nitrogens with zero attached hydrogens (tertiary/aromatic N) is 1. The van der Waals surface area contributed by atoms with E-state index < -0.39 is 23.3 Å². The van der Waals surface area contributed by atoms with Gasteiger partial charge in [0.05, 0.1) is 13.7 Å². The molecule has 2 N–H and O–H groups in total. The first-order chi connectivity index (χ1) is 13.0. The molecule has 1 aliphatic heterocycles. The average molecular weight is 371 g/mol. The van der Waals surface area contributed by atoms with E-state index >= 15 is 0 Å². The van der Waals surface area contributed by atoms with E-state index in [1.54, 1.807) is 31.4 Å². The summed E-state index contributed by atoms with van der Waals surface area (Å²) in [6, 6.07) is 11.7. The third-order valence-electron chi connectivity index (χ3n) is 4.41. The number of rotatable bonds is 7. The smallest absolute Gasteiger partial charge is 0.322 e. The molecular formula is C19H18FN3O4. The molecule has 2 aromatic rings. The molecule has 2 aromatic carbocycles. The fraction of sp³-hybridized carbons (Fsp3) is 0.211. The molecule has 1 unspecified atom stereocenters. The minimum absolute atomic E-state index is 0.105. The molecule has 0 spiro atoms. The highest BCUT2D eigenvalue weighted by molar-refractivity contribution is 6.07. The van der Waals surface area contributed by atoms with Gasteiger partial charge < -0.3 is 15.0 Å². The van der Waals surface area contributed by atoms with Crippen LogP contribution in [0, 0.1) is 5.82 Å². The van der Waals surface area contributed by atoms with Gasteiger partial charge in [0, 0.05) is 6.54 Å². The van der Waals surface area contributed by atoms with Crippen LogP contribution in [0.5, 0.6) is 5.75 Å². The van der Waals surface area contributed by atoms with Crippen LogP contribution >= 0.6 is 0 Å². The second-order valence-electron chi connectivity index (χ2n) is 6.18. The second-order valence-corrected chi connectivity index (χ2v) is 6.18. The molecule has 27 heavy (non-hydrogen) atoms. The normalized spacial score (nSPS) is 18.6. The molecule has 1 heterocycles. The number of hydrogen-bond donors (Lipinski definition) is 2. The van der Waals surface area contributed by atoms with Gasteiger partial charge in [0.25, 0.3) is 5.91 Å². The number of ether oxygens (including phenoxy) is 1. The highest BCUT2D eigenvalue weighted by atomic mass is 19.1. The number of hydrogen-bond acceptors (Lipinski definition) is 4. The van der Waals surface area contributed by atoms with Gasteiger partial charge >= 0.3 is 6.03 Å². The summed E-state index contributed by atoms with van der Waals surface area (Å²) < 4.78 is 18.4. The van der Waals surface area contributed by atoms with Crippen LogP contribution < -0.4 is 15.4 Å². The topological polar surface area (TPSA) is 87.7 Å². The number of imide groups is 1. The van der Waals surface area contributed by atoms with Crippen LogP contribution in [0.25, 0.3) is 0 Å². The van der Waals surface area contributed by atoms with Gasteiger partial charge in [0.1, 0.15) is 11.6 Å². The van der Waals surface area contributed by atoms with Crippen molar-refractivity contribution in [1.29, 1.82) is 0 Å². The molecule has 1 atom stereocenters. The van der Waals surface area contributed by atoms with Gasteiger partial charge in [-0.05, 0) is 35.4 Å². The molecule has 1 aliphatic rings. The quantitative estimate of drug-likeness (QED) is 0.571. The summed E-state index contributed by atoms with van der Waals surface area (Å²) in [5.41, 5.74) is -0.284. The van der Waals surface area contributed by atoms with Crippen molar-refractivity contribution in [2.45, 2.75) is 12.1 Å². The van der Waals surface area contributed by atoms with Crippen LogP contribution in [0.3, 0.4) is 0 Å². The lowest BCUT2D eigenvalue weighted by Crippen LogP contribution is -2.52. The van der Waals surface area contributed by atoms with E-state index in [9.17, 15) is 18.8 Å². The van der Waals surface area contributed by atoms with Crippen LogP contribution in [0.2, 0.25) is 0 Å². The number of benzene rings is 2. The Morgan fingerprint density at radius 2 is 1.78 bits per heavy atom. The molecule has 140 valence electrons. The summed E-state index contributed by atoms with van der Waals surface area (Å²) in [6.45, 7) is 0.116. The number of nitrogens with one attached hydrogen (secondary N) is 2. The van der Waals surface area contributed by atoms with Crippen molar-refractivity contribution in [1.82, 2.24) is 15.5 Å². The lowest BCUT2D eigenvalue weighted by molar-refractivity contribution is -0.127. The average Bonchev–Trinajstić information content (AvgIpc) is 2.96. The molecule has 0 aromatic heterocycles. The number of methoxy groups -OCH3 is 1. The molecular weight excluding hydrogens is 353 g/mol. The maximum absolute atomic E-state index is 13.3. The summed E-state index contributed by atoms with van der Waals surface area (Å²) in [5.74, 6) is -0.383. The van der Waals surface area contributed by atoms with Gasteiger partial charge in [-0.2, -0.15) is 0 Å². The van der Waals surface area contributed by atoms with Gasteiger partial charge in [0.15, 0.2) is 5.54 Å². The largest absolute Gasteiger partial charge is 0.497 e. The molecule has 4 amide bonds. The van der Waals surface area contributed by atoms with E-state index in [4.69, 9.17) is 4.74 Å². The Bertz CT molecular complexity index is 854. The molecule has 0 radical (unpaired) electrons. The lowest BCUT2D eigenvalue weighted by atomic mass is 9.89. The summed E-state index contributed by atoms with van der Waals surface area (Å²) in [5, 5.41) is 4.77. The standard InChI is InChI=1S/C19H18FN3O4/c1-27-16-8-2-13(3-9-16)10-23(12-24)11-19(17(25)21-18(26)22-19)14-4-6-15(20)7-5-14/h2-9,12H,10-11H2,1H3,(H2,21,22,25,26). The fourth-order valence-corrected chi connectivity index (χ4v) is 3.03. The van der Waals surface area contributed by atoms with E-state index in [1.807, 2.05) is 0 Å². The van der Waals surface area contributed by atoms with Crippen LogP contribution in [0.1, 0.15) is 11.1 Å². The first-order valence-electron chi connectivity index (χ1n) is 8.19. The van der Waals surface area contributed by atoms with E-state index in [0.717, 1.165) is 5.56 Å². The van der Waals surface area contributed by atoms with Crippen LogP contribution in [0.4, 0.5) is 9.18 Å². The van der Waals surface area contributed by atoms with Gasteiger partial charge in [-0.25, -0.2) is 9.18 Å². The second kappa shape index (κ2) is 7.45. The third-order valence-corrected chi connectivity index (χ3v) is 4.41. The molecule has 0 saturated carbocycles. The molecule has 7 nitrogen and oxygen atoms in total. The Balaban J connectivity index is 1.88. The SMILES string of the molecule is COc1ccc(CN(C=O)CC2(c3ccc(F)cc3)NC(=O)NC2=O)cc1. The Kier molecular flexibility index (Phi) is 5.07. The first kappa shape index (κ1) is 18.4. The highest BCUT2D eigenvalue weighted by Gasteiger charge is 2.48. The predicted molar refractivity (Wildman–Crippen MR) is 94.2 cm³/mol. The zero-order valence-corrected chi connectivity index (χ0v) is 14.6. The fourth-order valence-electron chi connectivity index (χ4n) is 3.03. The Labute approximate surface area is 155 Å². The van der Waals surface area contributed by atoms with Crippen LogP contribution in [-0.2, 0) is 21.7 Å². The van der Waals surface area contributed by atoms with Crippen molar-refractivity contribution >= 4 is 18.3 Å². The van der Waals surface area contributed by atoms with E-state index in [1.165, 1.54) is 29.2 Å². The molecule has 0 bridgehead atoms. The zero-order chi connectivity index (χ0) is 19.4. The number of halogens is 1. The van der Waals surface area contributed by atoms with Crippen molar-refractivity contribution in [3.8, 4) is 5.75 Å².